The monoisotopic (exact) mass is 533 g/mol. The highest BCUT2D eigenvalue weighted by Gasteiger charge is 2.38. The Bertz CT molecular complexity index is 906. The zero-order valence-corrected chi connectivity index (χ0v) is 21.4. The number of unbranched alkanes of at least 4 members (excludes halogenated alkanes) is 1. The predicted molar refractivity (Wildman–Crippen MR) is 129 cm³/mol. The summed E-state index contributed by atoms with van der Waals surface area (Å²) in [6.45, 7) is 5.77. The number of nitrogens with one attached hydrogen (secondary N) is 2. The molecule has 3 amide bonds. The van der Waals surface area contributed by atoms with Crippen LogP contribution in [0.1, 0.15) is 49.8 Å². The van der Waals surface area contributed by atoms with E-state index in [0.29, 0.717) is 13.1 Å². The van der Waals surface area contributed by atoms with Gasteiger partial charge in [0, 0.05) is 21.8 Å². The van der Waals surface area contributed by atoms with Crippen LogP contribution in [0, 0.1) is 0 Å². The molecule has 0 saturated heterocycles. The Balaban J connectivity index is 2.09. The van der Waals surface area contributed by atoms with Gasteiger partial charge in [-0.25, -0.2) is 4.79 Å². The number of thiophene rings is 2. The van der Waals surface area contributed by atoms with E-state index in [0.717, 1.165) is 9.75 Å². The minimum atomic E-state index is -4.95. The lowest BCUT2D eigenvalue weighted by molar-refractivity contribution is -0.173. The number of halogens is 3. The van der Waals surface area contributed by atoms with Crippen LogP contribution in [0.15, 0.2) is 35.0 Å². The topological polar surface area (TPSA) is 87.7 Å². The Labute approximate surface area is 210 Å². The van der Waals surface area contributed by atoms with E-state index < -0.39 is 35.7 Å². The van der Waals surface area contributed by atoms with E-state index in [4.69, 9.17) is 4.74 Å². The van der Waals surface area contributed by atoms with E-state index in [-0.39, 0.29) is 25.8 Å². The van der Waals surface area contributed by atoms with Crippen molar-refractivity contribution in [2.45, 2.75) is 70.9 Å². The first kappa shape index (κ1) is 28.6. The number of hydrogen-bond donors (Lipinski definition) is 2. The molecule has 0 fully saturated rings. The number of carbonyl (C=O) groups is 3. The van der Waals surface area contributed by atoms with Gasteiger partial charge < -0.3 is 20.3 Å². The first-order valence-electron chi connectivity index (χ1n) is 11.0. The third kappa shape index (κ3) is 10.7. The largest absolute Gasteiger partial charge is 0.471 e. The summed E-state index contributed by atoms with van der Waals surface area (Å²) in [5.41, 5.74) is -0.583. The lowest BCUT2D eigenvalue weighted by atomic mass is 10.1. The quantitative estimate of drug-likeness (QED) is 0.395. The number of carbonyl (C=O) groups excluding carboxylic acids is 3. The second-order valence-electron chi connectivity index (χ2n) is 8.87. The summed E-state index contributed by atoms with van der Waals surface area (Å²) in [5.74, 6) is -2.40. The molecule has 0 radical (unpaired) electrons. The normalized spacial score (nSPS) is 12.6. The van der Waals surface area contributed by atoms with E-state index in [9.17, 15) is 27.6 Å². The molecule has 2 heterocycles. The van der Waals surface area contributed by atoms with E-state index in [1.54, 1.807) is 31.0 Å². The average Bonchev–Trinajstić information content (AvgIpc) is 3.43. The number of hydrogen-bond acceptors (Lipinski definition) is 6. The Morgan fingerprint density at radius 2 is 1.57 bits per heavy atom. The van der Waals surface area contributed by atoms with Gasteiger partial charge in [0.15, 0.2) is 6.10 Å². The average molecular weight is 534 g/mol. The minimum Gasteiger partial charge on any atom is -0.436 e. The number of nitrogens with zero attached hydrogens (tertiary/aromatic N) is 1. The van der Waals surface area contributed by atoms with Crippen LogP contribution in [-0.4, -0.2) is 47.2 Å². The maximum atomic E-state index is 13.5. The van der Waals surface area contributed by atoms with Crippen LogP contribution in [0.25, 0.3) is 0 Å². The zero-order valence-electron chi connectivity index (χ0n) is 19.8. The van der Waals surface area contributed by atoms with Gasteiger partial charge in [0.05, 0.1) is 13.1 Å². The smallest absolute Gasteiger partial charge is 0.436 e. The van der Waals surface area contributed by atoms with Crippen LogP contribution < -0.4 is 10.6 Å². The molecular formula is C23H30F3N3O4S2. The minimum absolute atomic E-state index is 0.101. The third-order valence-corrected chi connectivity index (χ3v) is 6.33. The maximum absolute atomic E-state index is 13.5. The summed E-state index contributed by atoms with van der Waals surface area (Å²) in [7, 11) is 0. The molecule has 0 spiro atoms. The van der Waals surface area contributed by atoms with E-state index in [2.05, 4.69) is 5.32 Å². The third-order valence-electron chi connectivity index (χ3n) is 4.60. The molecule has 12 heteroatoms. The van der Waals surface area contributed by atoms with Gasteiger partial charge >= 0.3 is 18.2 Å². The zero-order chi connectivity index (χ0) is 26.1. The van der Waals surface area contributed by atoms with E-state index in [1.165, 1.54) is 22.7 Å². The van der Waals surface area contributed by atoms with Crippen molar-refractivity contribution in [2.75, 3.05) is 6.54 Å². The van der Waals surface area contributed by atoms with E-state index in [1.807, 2.05) is 35.0 Å². The van der Waals surface area contributed by atoms with Crippen LogP contribution in [0.2, 0.25) is 0 Å². The molecular weight excluding hydrogens is 503 g/mol. The summed E-state index contributed by atoms with van der Waals surface area (Å²) < 4.78 is 42.5. The first-order chi connectivity index (χ1) is 16.3. The summed E-state index contributed by atoms with van der Waals surface area (Å²) in [6.07, 6.45) is -6.28. The van der Waals surface area contributed by atoms with Crippen molar-refractivity contribution in [3.8, 4) is 0 Å². The SMILES string of the molecule is CC(C)(C)NC(=O)O[C@@H](CCCCNC(=O)C(F)(F)F)C(=O)N(Cc1cccs1)Cc1cccs1. The molecule has 35 heavy (non-hydrogen) atoms. The van der Waals surface area contributed by atoms with Gasteiger partial charge in [-0.05, 0) is 62.9 Å². The molecule has 194 valence electrons. The lowest BCUT2D eigenvalue weighted by Gasteiger charge is -2.28. The van der Waals surface area contributed by atoms with Crippen molar-refractivity contribution in [3.63, 3.8) is 0 Å². The predicted octanol–water partition coefficient (Wildman–Crippen LogP) is 5.08. The van der Waals surface area contributed by atoms with Crippen molar-refractivity contribution < 1.29 is 32.3 Å². The van der Waals surface area contributed by atoms with Gasteiger partial charge in [-0.15, -0.1) is 22.7 Å². The number of alkyl halides is 3. The molecule has 2 aromatic heterocycles. The Hall–Kier alpha value is -2.60. The van der Waals surface area contributed by atoms with Crippen molar-refractivity contribution in [3.05, 3.63) is 44.8 Å². The highest BCUT2D eigenvalue weighted by Crippen LogP contribution is 2.20. The van der Waals surface area contributed by atoms with Crippen LogP contribution in [-0.2, 0) is 27.4 Å². The fourth-order valence-electron chi connectivity index (χ4n) is 3.05. The van der Waals surface area contributed by atoms with Gasteiger partial charge in [-0.3, -0.25) is 9.59 Å². The highest BCUT2D eigenvalue weighted by atomic mass is 32.1. The second kappa shape index (κ2) is 12.9. The summed E-state index contributed by atoms with van der Waals surface area (Å²) in [5, 5.41) is 8.27. The first-order valence-corrected chi connectivity index (χ1v) is 12.8. The van der Waals surface area contributed by atoms with Crippen molar-refractivity contribution in [1.29, 1.82) is 0 Å². The fourth-order valence-corrected chi connectivity index (χ4v) is 4.49. The molecule has 0 aliphatic rings. The molecule has 0 unspecified atom stereocenters. The summed E-state index contributed by atoms with van der Waals surface area (Å²) in [4.78, 5) is 40.4. The number of amides is 3. The fraction of sp³-hybridized carbons (Fsp3) is 0.522. The standard InChI is InChI=1S/C23H30F3N3O4S2/c1-22(2,3)28-21(32)33-18(10-4-5-11-27-20(31)23(24,25)26)19(30)29(14-16-8-6-12-34-16)15-17-9-7-13-35-17/h6-9,12-13,18H,4-5,10-11,14-15H2,1-3H3,(H,27,31)(H,28,32)/t18-/m0/s1. The number of ether oxygens (including phenoxy) is 1. The maximum Gasteiger partial charge on any atom is 0.471 e. The van der Waals surface area contributed by atoms with Crippen LogP contribution in [0.5, 0.6) is 0 Å². The highest BCUT2D eigenvalue weighted by molar-refractivity contribution is 7.10. The summed E-state index contributed by atoms with van der Waals surface area (Å²) >= 11 is 3.00. The van der Waals surface area contributed by atoms with Gasteiger partial charge in [0.2, 0.25) is 0 Å². The molecule has 0 saturated carbocycles. The summed E-state index contributed by atoms with van der Waals surface area (Å²) in [6, 6.07) is 7.58. The molecule has 0 aliphatic heterocycles. The van der Waals surface area contributed by atoms with Gasteiger partial charge in [-0.1, -0.05) is 12.1 Å². The molecule has 1 atom stereocenters. The van der Waals surface area contributed by atoms with Crippen LogP contribution in [0.3, 0.4) is 0 Å². The van der Waals surface area contributed by atoms with Gasteiger partial charge in [0.1, 0.15) is 0 Å². The van der Waals surface area contributed by atoms with E-state index >= 15 is 0 Å². The second-order valence-corrected chi connectivity index (χ2v) is 10.9. The Morgan fingerprint density at radius 1 is 1.00 bits per heavy atom. The van der Waals surface area contributed by atoms with Gasteiger partial charge in [-0.2, -0.15) is 13.2 Å². The van der Waals surface area contributed by atoms with Crippen molar-refractivity contribution in [1.82, 2.24) is 15.5 Å². The molecule has 0 aliphatic carbocycles. The van der Waals surface area contributed by atoms with Crippen molar-refractivity contribution in [2.24, 2.45) is 0 Å². The molecule has 0 bridgehead atoms. The number of alkyl carbamates (subject to hydrolysis) is 1. The molecule has 0 aromatic carbocycles. The lowest BCUT2D eigenvalue weighted by Crippen LogP contribution is -2.46. The van der Waals surface area contributed by atoms with Gasteiger partial charge in [0.25, 0.3) is 5.91 Å². The molecule has 7 nitrogen and oxygen atoms in total. The molecule has 2 aromatic rings. The Kier molecular flexibility index (Phi) is 10.6. The molecule has 2 rings (SSSR count). The number of rotatable bonds is 11. The molecule has 2 N–H and O–H groups in total. The van der Waals surface area contributed by atoms with Crippen molar-refractivity contribution >= 4 is 40.6 Å². The van der Waals surface area contributed by atoms with Crippen LogP contribution in [0.4, 0.5) is 18.0 Å². The van der Waals surface area contributed by atoms with Crippen LogP contribution >= 0.6 is 22.7 Å². The Morgan fingerprint density at radius 3 is 2.03 bits per heavy atom.